The van der Waals surface area contributed by atoms with Crippen LogP contribution in [0.1, 0.15) is 11.1 Å². The molecule has 16 heavy (non-hydrogen) atoms. The highest BCUT2D eigenvalue weighted by Crippen LogP contribution is 2.34. The van der Waals surface area contributed by atoms with Crippen LogP contribution < -0.4 is 0 Å². The molecule has 0 atom stereocenters. The van der Waals surface area contributed by atoms with Crippen molar-refractivity contribution >= 4 is 26.4 Å². The summed E-state index contributed by atoms with van der Waals surface area (Å²) in [5.41, 5.74) is -1.78. The van der Waals surface area contributed by atoms with Gasteiger partial charge in [-0.3, -0.25) is 4.79 Å². The molecule has 1 aromatic rings. The Morgan fingerprint density at radius 1 is 0.938 bits per heavy atom. The second-order valence-corrected chi connectivity index (χ2v) is 3.90. The van der Waals surface area contributed by atoms with E-state index in [0.29, 0.717) is 24.3 Å². The number of rotatable bonds is 2. The van der Waals surface area contributed by atoms with E-state index in [4.69, 9.17) is 0 Å². The molecule has 0 aliphatic rings. The van der Waals surface area contributed by atoms with E-state index in [1.54, 1.807) is 0 Å². The molecule has 0 unspecified atom stereocenters. The standard InChI is InChI=1S/C9H4F5IO/c10-8(11,7(15)16)5-1-3-6(4-2-5)9(12,13)14/h1-4H. The van der Waals surface area contributed by atoms with E-state index < -0.39 is 27.0 Å². The molecular weight excluding hydrogens is 346 g/mol. The lowest BCUT2D eigenvalue weighted by Gasteiger charge is -2.13. The molecule has 0 aliphatic heterocycles. The molecular formula is C9H4F5IO. The average molecular weight is 350 g/mol. The van der Waals surface area contributed by atoms with Crippen molar-refractivity contribution < 1.29 is 26.7 Å². The first-order chi connectivity index (χ1) is 7.15. The first kappa shape index (κ1) is 13.3. The van der Waals surface area contributed by atoms with Gasteiger partial charge in [0.25, 0.3) is 3.79 Å². The first-order valence-corrected chi connectivity index (χ1v) is 4.99. The van der Waals surface area contributed by atoms with E-state index in [-0.39, 0.29) is 0 Å². The van der Waals surface area contributed by atoms with Crippen LogP contribution in [0.4, 0.5) is 22.0 Å². The third kappa shape index (κ3) is 2.69. The molecule has 88 valence electrons. The predicted molar refractivity (Wildman–Crippen MR) is 54.4 cm³/mol. The fourth-order valence-corrected chi connectivity index (χ4v) is 1.29. The monoisotopic (exact) mass is 350 g/mol. The molecule has 0 heterocycles. The van der Waals surface area contributed by atoms with Crippen LogP contribution in [0.3, 0.4) is 0 Å². The summed E-state index contributed by atoms with van der Waals surface area (Å²) < 4.78 is 61.1. The minimum Gasteiger partial charge on any atom is -0.281 e. The topological polar surface area (TPSA) is 17.1 Å². The summed E-state index contributed by atoms with van der Waals surface area (Å²) in [6.45, 7) is 0. The Hall–Kier alpha value is -0.730. The molecule has 7 heteroatoms. The number of hydrogen-bond acceptors (Lipinski definition) is 1. The summed E-state index contributed by atoms with van der Waals surface area (Å²) in [4.78, 5) is 10.6. The molecule has 0 N–H and O–H groups in total. The number of carbonyl (C=O) groups is 1. The highest BCUT2D eigenvalue weighted by atomic mass is 127. The smallest absolute Gasteiger partial charge is 0.281 e. The van der Waals surface area contributed by atoms with E-state index in [1.165, 1.54) is 0 Å². The summed E-state index contributed by atoms with van der Waals surface area (Å²) in [6, 6.07) is 2.23. The van der Waals surface area contributed by atoms with Crippen LogP contribution in [0.5, 0.6) is 0 Å². The van der Waals surface area contributed by atoms with E-state index >= 15 is 0 Å². The molecule has 0 saturated heterocycles. The molecule has 0 bridgehead atoms. The van der Waals surface area contributed by atoms with Crippen LogP contribution >= 0.6 is 22.6 Å². The maximum Gasteiger partial charge on any atom is 0.416 e. The molecule has 0 aromatic heterocycles. The molecule has 1 nitrogen and oxygen atoms in total. The van der Waals surface area contributed by atoms with Gasteiger partial charge in [0.15, 0.2) is 0 Å². The molecule has 0 aliphatic carbocycles. The molecule has 0 fully saturated rings. The Kier molecular flexibility index (Phi) is 3.56. The predicted octanol–water partition coefficient (Wildman–Crippen LogP) is 3.76. The number of carbonyl (C=O) groups excluding carboxylic acids is 1. The lowest BCUT2D eigenvalue weighted by atomic mass is 10.1. The third-order valence-electron chi connectivity index (χ3n) is 1.82. The van der Waals surface area contributed by atoms with Crippen LogP contribution in [0.15, 0.2) is 24.3 Å². The lowest BCUT2D eigenvalue weighted by molar-refractivity contribution is -0.137. The highest BCUT2D eigenvalue weighted by Gasteiger charge is 2.39. The van der Waals surface area contributed by atoms with Gasteiger partial charge in [0.05, 0.1) is 5.56 Å². The SMILES string of the molecule is O=C(I)C(F)(F)c1ccc(C(F)(F)F)cc1. The van der Waals surface area contributed by atoms with Gasteiger partial charge in [-0.25, -0.2) is 0 Å². The molecule has 0 amide bonds. The van der Waals surface area contributed by atoms with E-state index in [1.807, 2.05) is 0 Å². The average Bonchev–Trinajstić information content (AvgIpc) is 2.16. The van der Waals surface area contributed by atoms with Gasteiger partial charge in [-0.2, -0.15) is 22.0 Å². The number of halogens is 6. The molecule has 0 spiro atoms. The Bertz CT molecular complexity index is 395. The normalized spacial score (nSPS) is 12.6. The Morgan fingerprint density at radius 3 is 1.62 bits per heavy atom. The van der Waals surface area contributed by atoms with Gasteiger partial charge in [-0.15, -0.1) is 0 Å². The van der Waals surface area contributed by atoms with Crippen molar-refractivity contribution in [3.8, 4) is 0 Å². The summed E-state index contributed by atoms with van der Waals surface area (Å²) >= 11 is 0.902. The van der Waals surface area contributed by atoms with E-state index in [9.17, 15) is 26.7 Å². The van der Waals surface area contributed by atoms with Crippen LogP contribution in [0.2, 0.25) is 0 Å². The maximum absolute atomic E-state index is 13.1. The number of alkyl halides is 5. The van der Waals surface area contributed by atoms with Gasteiger partial charge in [0.2, 0.25) is 0 Å². The van der Waals surface area contributed by atoms with Crippen molar-refractivity contribution in [3.05, 3.63) is 35.4 Å². The third-order valence-corrected chi connectivity index (χ3v) is 2.50. The molecule has 1 aromatic carbocycles. The minimum atomic E-state index is -4.58. The van der Waals surface area contributed by atoms with Gasteiger partial charge in [0.1, 0.15) is 0 Å². The quantitative estimate of drug-likeness (QED) is 0.451. The van der Waals surface area contributed by atoms with Crippen molar-refractivity contribution in [2.75, 3.05) is 0 Å². The molecule has 1 rings (SSSR count). The van der Waals surface area contributed by atoms with Gasteiger partial charge >= 0.3 is 12.1 Å². The fraction of sp³-hybridized carbons (Fsp3) is 0.222. The Morgan fingerprint density at radius 2 is 1.31 bits per heavy atom. The molecule has 0 saturated carbocycles. The summed E-state index contributed by atoms with van der Waals surface area (Å²) in [5, 5.41) is 0. The van der Waals surface area contributed by atoms with Crippen LogP contribution in [0.25, 0.3) is 0 Å². The minimum absolute atomic E-state index is 0.517. The first-order valence-electron chi connectivity index (χ1n) is 3.91. The number of hydrogen-bond donors (Lipinski definition) is 0. The highest BCUT2D eigenvalue weighted by molar-refractivity contribution is 14.1. The van der Waals surface area contributed by atoms with Crippen LogP contribution in [-0.2, 0) is 16.9 Å². The summed E-state index contributed by atoms with van der Waals surface area (Å²) in [5.74, 6) is -3.76. The second kappa shape index (κ2) is 4.27. The fourth-order valence-electron chi connectivity index (χ4n) is 0.982. The largest absolute Gasteiger partial charge is 0.416 e. The Labute approximate surface area is 101 Å². The van der Waals surface area contributed by atoms with Crippen molar-refractivity contribution in [1.82, 2.24) is 0 Å². The molecule has 0 radical (unpaired) electrons. The maximum atomic E-state index is 13.1. The van der Waals surface area contributed by atoms with Crippen molar-refractivity contribution in [2.45, 2.75) is 12.1 Å². The zero-order valence-corrected chi connectivity index (χ0v) is 9.64. The lowest BCUT2D eigenvalue weighted by Crippen LogP contribution is -2.21. The van der Waals surface area contributed by atoms with E-state index in [2.05, 4.69) is 0 Å². The summed E-state index contributed by atoms with van der Waals surface area (Å²) in [7, 11) is 0. The van der Waals surface area contributed by atoms with Gasteiger partial charge < -0.3 is 0 Å². The Balaban J connectivity index is 3.09. The second-order valence-electron chi connectivity index (χ2n) is 2.92. The summed E-state index contributed by atoms with van der Waals surface area (Å²) in [6.07, 6.45) is -4.58. The van der Waals surface area contributed by atoms with Crippen LogP contribution in [-0.4, -0.2) is 3.79 Å². The van der Waals surface area contributed by atoms with Gasteiger partial charge in [0, 0.05) is 28.2 Å². The van der Waals surface area contributed by atoms with Crippen molar-refractivity contribution in [3.63, 3.8) is 0 Å². The van der Waals surface area contributed by atoms with Gasteiger partial charge in [-0.1, -0.05) is 12.1 Å². The van der Waals surface area contributed by atoms with Crippen molar-refractivity contribution in [2.24, 2.45) is 0 Å². The zero-order chi connectivity index (χ0) is 12.6. The van der Waals surface area contributed by atoms with Gasteiger partial charge in [-0.05, 0) is 12.1 Å². The number of benzene rings is 1. The van der Waals surface area contributed by atoms with Crippen molar-refractivity contribution in [1.29, 1.82) is 0 Å². The zero-order valence-electron chi connectivity index (χ0n) is 7.49. The van der Waals surface area contributed by atoms with E-state index in [0.717, 1.165) is 22.6 Å². The van der Waals surface area contributed by atoms with Crippen LogP contribution in [0, 0.1) is 0 Å².